The SMILES string of the molecule is C#CCC(CC)NC(=O)C1NCCc2ccccc21. The summed E-state index contributed by atoms with van der Waals surface area (Å²) in [5, 5.41) is 6.32. The minimum atomic E-state index is -0.253. The lowest BCUT2D eigenvalue weighted by molar-refractivity contribution is -0.124. The third kappa shape index (κ3) is 3.15. The third-order valence-corrected chi connectivity index (χ3v) is 3.57. The van der Waals surface area contributed by atoms with Crippen LogP contribution in [0.1, 0.15) is 36.9 Å². The quantitative estimate of drug-likeness (QED) is 0.806. The summed E-state index contributed by atoms with van der Waals surface area (Å²) in [5.41, 5.74) is 2.34. The molecule has 1 amide bonds. The summed E-state index contributed by atoms with van der Waals surface area (Å²) in [6.45, 7) is 2.87. The predicted octanol–water partition coefficient (Wildman–Crippen LogP) is 1.79. The molecule has 2 atom stereocenters. The molecule has 0 aliphatic carbocycles. The van der Waals surface area contributed by atoms with Crippen molar-refractivity contribution in [3.63, 3.8) is 0 Å². The number of carbonyl (C=O) groups excluding carboxylic acids is 1. The second-order valence-electron chi connectivity index (χ2n) is 4.86. The third-order valence-electron chi connectivity index (χ3n) is 3.57. The van der Waals surface area contributed by atoms with Gasteiger partial charge in [-0.3, -0.25) is 4.79 Å². The summed E-state index contributed by atoms with van der Waals surface area (Å²) >= 11 is 0. The molecule has 0 spiro atoms. The lowest BCUT2D eigenvalue weighted by Crippen LogP contribution is -2.44. The van der Waals surface area contributed by atoms with Gasteiger partial charge in [0.15, 0.2) is 0 Å². The smallest absolute Gasteiger partial charge is 0.241 e. The van der Waals surface area contributed by atoms with E-state index in [0.29, 0.717) is 6.42 Å². The van der Waals surface area contributed by atoms with Gasteiger partial charge in [0.05, 0.1) is 0 Å². The highest BCUT2D eigenvalue weighted by molar-refractivity contribution is 5.84. The molecule has 3 heteroatoms. The number of amides is 1. The maximum atomic E-state index is 12.4. The summed E-state index contributed by atoms with van der Waals surface area (Å²) in [6, 6.07) is 7.92. The van der Waals surface area contributed by atoms with E-state index < -0.39 is 0 Å². The van der Waals surface area contributed by atoms with Crippen molar-refractivity contribution in [1.29, 1.82) is 0 Å². The number of fused-ring (bicyclic) bond motifs is 1. The van der Waals surface area contributed by atoms with Crippen LogP contribution in [0, 0.1) is 12.3 Å². The fourth-order valence-electron chi connectivity index (χ4n) is 2.46. The molecular weight excluding hydrogens is 236 g/mol. The van der Waals surface area contributed by atoms with Crippen LogP contribution in [0.15, 0.2) is 24.3 Å². The van der Waals surface area contributed by atoms with E-state index in [9.17, 15) is 4.79 Å². The Morgan fingerprint density at radius 3 is 3.11 bits per heavy atom. The van der Waals surface area contributed by atoms with Crippen molar-refractivity contribution in [2.24, 2.45) is 0 Å². The van der Waals surface area contributed by atoms with E-state index in [1.807, 2.05) is 25.1 Å². The molecule has 100 valence electrons. The van der Waals surface area contributed by atoms with Crippen molar-refractivity contribution < 1.29 is 4.79 Å². The highest BCUT2D eigenvalue weighted by Crippen LogP contribution is 2.22. The fourth-order valence-corrected chi connectivity index (χ4v) is 2.46. The monoisotopic (exact) mass is 256 g/mol. The minimum Gasteiger partial charge on any atom is -0.351 e. The van der Waals surface area contributed by atoms with E-state index in [4.69, 9.17) is 6.42 Å². The molecule has 0 saturated heterocycles. The van der Waals surface area contributed by atoms with Crippen molar-refractivity contribution in [1.82, 2.24) is 10.6 Å². The van der Waals surface area contributed by atoms with Crippen LogP contribution < -0.4 is 10.6 Å². The maximum Gasteiger partial charge on any atom is 0.241 e. The van der Waals surface area contributed by atoms with Crippen LogP contribution in [0.5, 0.6) is 0 Å². The van der Waals surface area contributed by atoms with Gasteiger partial charge in [0.25, 0.3) is 0 Å². The van der Waals surface area contributed by atoms with E-state index in [2.05, 4.69) is 22.6 Å². The fraction of sp³-hybridized carbons (Fsp3) is 0.438. The molecule has 2 N–H and O–H groups in total. The summed E-state index contributed by atoms with van der Waals surface area (Å²) in [7, 11) is 0. The molecule has 2 unspecified atom stereocenters. The normalized spacial score (nSPS) is 19.1. The summed E-state index contributed by atoms with van der Waals surface area (Å²) < 4.78 is 0. The number of hydrogen-bond donors (Lipinski definition) is 2. The molecule has 1 aromatic carbocycles. The van der Waals surface area contributed by atoms with Crippen molar-refractivity contribution in [3.05, 3.63) is 35.4 Å². The molecule has 1 aromatic rings. The highest BCUT2D eigenvalue weighted by atomic mass is 16.2. The molecule has 2 rings (SSSR count). The van der Waals surface area contributed by atoms with E-state index in [-0.39, 0.29) is 18.0 Å². The number of carbonyl (C=O) groups is 1. The Hall–Kier alpha value is -1.79. The second-order valence-corrected chi connectivity index (χ2v) is 4.86. The first kappa shape index (κ1) is 13.6. The van der Waals surface area contributed by atoms with Crippen molar-refractivity contribution in [2.45, 2.75) is 38.3 Å². The van der Waals surface area contributed by atoms with Crippen LogP contribution in [-0.2, 0) is 11.2 Å². The zero-order valence-corrected chi connectivity index (χ0v) is 11.3. The highest BCUT2D eigenvalue weighted by Gasteiger charge is 2.26. The van der Waals surface area contributed by atoms with E-state index in [0.717, 1.165) is 24.9 Å². The Labute approximate surface area is 114 Å². The summed E-state index contributed by atoms with van der Waals surface area (Å²) in [6.07, 6.45) is 7.72. The molecule has 19 heavy (non-hydrogen) atoms. The van der Waals surface area contributed by atoms with Gasteiger partial charge in [0.2, 0.25) is 5.91 Å². The molecule has 1 aliphatic rings. The summed E-state index contributed by atoms with van der Waals surface area (Å²) in [5.74, 6) is 2.63. The largest absolute Gasteiger partial charge is 0.351 e. The van der Waals surface area contributed by atoms with Crippen LogP contribution in [0.2, 0.25) is 0 Å². The zero-order valence-electron chi connectivity index (χ0n) is 11.3. The van der Waals surface area contributed by atoms with Gasteiger partial charge in [-0.25, -0.2) is 0 Å². The predicted molar refractivity (Wildman–Crippen MR) is 76.6 cm³/mol. The maximum absolute atomic E-state index is 12.4. The molecule has 3 nitrogen and oxygen atoms in total. The Bertz CT molecular complexity index is 490. The Kier molecular flexibility index (Phi) is 4.59. The van der Waals surface area contributed by atoms with Gasteiger partial charge in [-0.2, -0.15) is 0 Å². The lowest BCUT2D eigenvalue weighted by Gasteiger charge is -2.27. The first-order valence-corrected chi connectivity index (χ1v) is 6.81. The number of hydrogen-bond acceptors (Lipinski definition) is 2. The zero-order chi connectivity index (χ0) is 13.7. The molecule has 0 aromatic heterocycles. The first-order valence-electron chi connectivity index (χ1n) is 6.81. The van der Waals surface area contributed by atoms with Crippen molar-refractivity contribution in [2.75, 3.05) is 6.54 Å². The van der Waals surface area contributed by atoms with Crippen molar-refractivity contribution >= 4 is 5.91 Å². The standard InChI is InChI=1S/C16H20N2O/c1-3-7-13(4-2)18-16(19)15-14-9-6-5-8-12(14)10-11-17-15/h1,5-6,8-9,13,15,17H,4,7,10-11H2,2H3,(H,18,19). The topological polar surface area (TPSA) is 41.1 Å². The van der Waals surface area contributed by atoms with Crippen LogP contribution in [0.25, 0.3) is 0 Å². The van der Waals surface area contributed by atoms with Crippen LogP contribution in [-0.4, -0.2) is 18.5 Å². The lowest BCUT2D eigenvalue weighted by atomic mass is 9.93. The second kappa shape index (κ2) is 6.40. The molecule has 0 saturated carbocycles. The van der Waals surface area contributed by atoms with Gasteiger partial charge >= 0.3 is 0 Å². The minimum absolute atomic E-state index is 0.0225. The number of nitrogens with one attached hydrogen (secondary N) is 2. The van der Waals surface area contributed by atoms with Gasteiger partial charge in [0, 0.05) is 19.0 Å². The van der Waals surface area contributed by atoms with Gasteiger partial charge in [0.1, 0.15) is 6.04 Å². The van der Waals surface area contributed by atoms with Gasteiger partial charge in [-0.1, -0.05) is 31.2 Å². The van der Waals surface area contributed by atoms with Gasteiger partial charge < -0.3 is 10.6 Å². The Balaban J connectivity index is 2.11. The number of terminal acetylenes is 1. The molecule has 0 radical (unpaired) electrons. The van der Waals surface area contributed by atoms with Crippen LogP contribution in [0.4, 0.5) is 0 Å². The Morgan fingerprint density at radius 1 is 1.58 bits per heavy atom. The van der Waals surface area contributed by atoms with Crippen LogP contribution in [0.3, 0.4) is 0 Å². The van der Waals surface area contributed by atoms with Crippen LogP contribution >= 0.6 is 0 Å². The average molecular weight is 256 g/mol. The number of rotatable bonds is 4. The average Bonchev–Trinajstić information content (AvgIpc) is 2.46. The first-order chi connectivity index (χ1) is 9.26. The molecular formula is C16H20N2O. The number of benzene rings is 1. The van der Waals surface area contributed by atoms with Crippen molar-refractivity contribution in [3.8, 4) is 12.3 Å². The molecule has 1 heterocycles. The van der Waals surface area contributed by atoms with E-state index in [1.54, 1.807) is 0 Å². The Morgan fingerprint density at radius 2 is 2.37 bits per heavy atom. The molecule has 0 fully saturated rings. The van der Waals surface area contributed by atoms with Gasteiger partial charge in [-0.05, 0) is 24.0 Å². The van der Waals surface area contributed by atoms with E-state index >= 15 is 0 Å². The van der Waals surface area contributed by atoms with Gasteiger partial charge in [-0.15, -0.1) is 12.3 Å². The van der Waals surface area contributed by atoms with E-state index in [1.165, 1.54) is 5.56 Å². The summed E-state index contributed by atoms with van der Waals surface area (Å²) in [4.78, 5) is 12.4. The molecule has 1 aliphatic heterocycles. The molecule has 0 bridgehead atoms.